The number of hydrogen-bond acceptors (Lipinski definition) is 2. The van der Waals surface area contributed by atoms with Gasteiger partial charge in [-0.3, -0.25) is 0 Å². The van der Waals surface area contributed by atoms with E-state index in [-0.39, 0.29) is 0 Å². The maximum Gasteiger partial charge on any atom is 0.161 e. The molecule has 0 fully saturated rings. The molecule has 6 aromatic carbocycles. The topological polar surface area (TPSA) is 24.7 Å². The van der Waals surface area contributed by atoms with Gasteiger partial charge in [0, 0.05) is 22.8 Å². The average molecular weight is 497 g/mol. The summed E-state index contributed by atoms with van der Waals surface area (Å²) in [5.74, 6) is 0.673. The van der Waals surface area contributed by atoms with Gasteiger partial charge in [-0.1, -0.05) is 127 Å². The summed E-state index contributed by atoms with van der Waals surface area (Å²) in [5, 5.41) is 4.64. The molecule has 182 valence electrons. The molecule has 0 amide bonds. The molecule has 0 bridgehead atoms. The third-order valence-corrected chi connectivity index (χ3v) is 7.09. The van der Waals surface area contributed by atoms with Crippen molar-refractivity contribution in [3.05, 3.63) is 168 Å². The molecule has 0 aliphatic carbocycles. The van der Waals surface area contributed by atoms with E-state index in [1.807, 2.05) is 30.3 Å². The van der Waals surface area contributed by atoms with Crippen molar-refractivity contribution in [1.29, 1.82) is 0 Å². The van der Waals surface area contributed by atoms with Gasteiger partial charge in [0.05, 0.1) is 5.71 Å². The van der Waals surface area contributed by atoms with Gasteiger partial charge >= 0.3 is 0 Å². The number of aliphatic imine (C=N–C) groups is 2. The summed E-state index contributed by atoms with van der Waals surface area (Å²) in [6, 6.07) is 48.5. The molecule has 2 nitrogen and oxygen atoms in total. The van der Waals surface area contributed by atoms with Crippen LogP contribution < -0.4 is 0 Å². The molecular formula is C37H24N2. The van der Waals surface area contributed by atoms with Crippen LogP contribution in [-0.2, 0) is 0 Å². The molecule has 0 radical (unpaired) electrons. The van der Waals surface area contributed by atoms with Crippen LogP contribution in [-0.4, -0.2) is 11.5 Å². The Morgan fingerprint density at radius 1 is 0.436 bits per heavy atom. The minimum atomic E-state index is 0.673. The van der Waals surface area contributed by atoms with Gasteiger partial charge in [-0.05, 0) is 50.9 Å². The molecule has 0 atom stereocenters. The van der Waals surface area contributed by atoms with Crippen LogP contribution in [0.1, 0.15) is 16.7 Å². The van der Waals surface area contributed by atoms with E-state index in [2.05, 4.69) is 121 Å². The quantitative estimate of drug-likeness (QED) is 0.217. The fraction of sp³-hybridized carbons (Fsp3) is 0. The maximum absolute atomic E-state index is 5.19. The monoisotopic (exact) mass is 496 g/mol. The van der Waals surface area contributed by atoms with Crippen LogP contribution in [0.15, 0.2) is 161 Å². The molecule has 6 aromatic rings. The predicted octanol–water partition coefficient (Wildman–Crippen LogP) is 9.11. The van der Waals surface area contributed by atoms with E-state index >= 15 is 0 Å². The number of rotatable bonds is 4. The molecule has 0 saturated heterocycles. The lowest BCUT2D eigenvalue weighted by atomic mass is 9.96. The first kappa shape index (κ1) is 22.9. The second kappa shape index (κ2) is 9.87. The standard InChI is InChI=1S/C37H24N2/c1-3-11-26(12-4-1)32-24-30-17-9-10-18-33(30)34(25-32)37-38-35(28-14-5-2-6-15-28)21-22-36(39-37)31-20-19-27-13-7-8-16-29(27)23-31/h1-21,23-25H. The van der Waals surface area contributed by atoms with Crippen molar-refractivity contribution < 1.29 is 0 Å². The Balaban J connectivity index is 1.48. The van der Waals surface area contributed by atoms with Gasteiger partial charge in [-0.15, -0.1) is 0 Å². The van der Waals surface area contributed by atoms with Gasteiger partial charge < -0.3 is 0 Å². The summed E-state index contributed by atoms with van der Waals surface area (Å²) in [6.45, 7) is 0. The molecule has 1 aliphatic rings. The summed E-state index contributed by atoms with van der Waals surface area (Å²) in [4.78, 5) is 10.4. The lowest BCUT2D eigenvalue weighted by molar-refractivity contribution is 1.47. The molecule has 0 unspecified atom stereocenters. The van der Waals surface area contributed by atoms with E-state index in [0.717, 1.165) is 50.0 Å². The molecular weight excluding hydrogens is 472 g/mol. The smallest absolute Gasteiger partial charge is 0.161 e. The first-order valence-electron chi connectivity index (χ1n) is 13.1. The Bertz CT molecular complexity index is 1970. The average Bonchev–Trinajstić information content (AvgIpc) is 3.25. The number of nitrogens with zero attached hydrogens (tertiary/aromatic N) is 2. The highest BCUT2D eigenvalue weighted by atomic mass is 14.9. The summed E-state index contributed by atoms with van der Waals surface area (Å²) in [5.41, 5.74) is 10.4. The van der Waals surface area contributed by atoms with E-state index in [1.165, 1.54) is 10.8 Å². The van der Waals surface area contributed by atoms with E-state index < -0.39 is 0 Å². The molecule has 0 spiro atoms. The lowest BCUT2D eigenvalue weighted by Gasteiger charge is -2.12. The van der Waals surface area contributed by atoms with Crippen LogP contribution in [0.2, 0.25) is 0 Å². The molecule has 39 heavy (non-hydrogen) atoms. The molecule has 1 heterocycles. The van der Waals surface area contributed by atoms with E-state index in [0.29, 0.717) is 5.84 Å². The predicted molar refractivity (Wildman–Crippen MR) is 164 cm³/mol. The van der Waals surface area contributed by atoms with Crippen molar-refractivity contribution in [2.75, 3.05) is 0 Å². The summed E-state index contributed by atoms with van der Waals surface area (Å²) in [7, 11) is 0. The van der Waals surface area contributed by atoms with Crippen molar-refractivity contribution in [3.63, 3.8) is 0 Å². The Kier molecular flexibility index (Phi) is 5.79. The number of benzene rings is 6. The first-order chi connectivity index (χ1) is 19.3. The Hall–Kier alpha value is -5.30. The van der Waals surface area contributed by atoms with Gasteiger partial charge in [-0.2, -0.15) is 0 Å². The van der Waals surface area contributed by atoms with Crippen molar-refractivity contribution in [2.45, 2.75) is 0 Å². The number of hydrogen-bond donors (Lipinski definition) is 0. The van der Waals surface area contributed by atoms with Gasteiger partial charge in [0.2, 0.25) is 0 Å². The van der Waals surface area contributed by atoms with Crippen LogP contribution >= 0.6 is 0 Å². The minimum Gasteiger partial charge on any atom is -0.227 e. The SMILES string of the molecule is C1=CC(c2ccccc2)=NC(c2cc(-c3ccccc3)cc3ccccc23)=NC=1c1ccc2ccccc2c1. The highest BCUT2D eigenvalue weighted by Crippen LogP contribution is 2.31. The van der Waals surface area contributed by atoms with Crippen LogP contribution in [0, 0.1) is 0 Å². The molecule has 0 N–H and O–H groups in total. The molecule has 2 heteroatoms. The summed E-state index contributed by atoms with van der Waals surface area (Å²) < 4.78 is 0. The fourth-order valence-electron chi connectivity index (χ4n) is 5.10. The van der Waals surface area contributed by atoms with E-state index in [9.17, 15) is 0 Å². The number of amidine groups is 1. The van der Waals surface area contributed by atoms with Crippen molar-refractivity contribution >= 4 is 38.8 Å². The third kappa shape index (κ3) is 4.51. The van der Waals surface area contributed by atoms with Gasteiger partial charge in [0.15, 0.2) is 5.84 Å². The van der Waals surface area contributed by atoms with Crippen molar-refractivity contribution in [3.8, 4) is 11.1 Å². The third-order valence-electron chi connectivity index (χ3n) is 7.09. The van der Waals surface area contributed by atoms with Gasteiger partial charge in [0.1, 0.15) is 5.70 Å². The molecule has 7 rings (SSSR count). The summed E-state index contributed by atoms with van der Waals surface area (Å²) in [6.07, 6.45) is 1.96. The second-order valence-corrected chi connectivity index (χ2v) is 9.61. The first-order valence-corrected chi connectivity index (χ1v) is 13.1. The van der Waals surface area contributed by atoms with Crippen molar-refractivity contribution in [1.82, 2.24) is 0 Å². The number of fused-ring (bicyclic) bond motifs is 2. The maximum atomic E-state index is 5.19. The van der Waals surface area contributed by atoms with Crippen molar-refractivity contribution in [2.24, 2.45) is 9.98 Å². The zero-order valence-electron chi connectivity index (χ0n) is 21.3. The molecule has 1 aliphatic heterocycles. The summed E-state index contributed by atoms with van der Waals surface area (Å²) >= 11 is 0. The van der Waals surface area contributed by atoms with Crippen LogP contribution in [0.4, 0.5) is 0 Å². The Labute approximate surface area is 227 Å². The van der Waals surface area contributed by atoms with E-state index in [4.69, 9.17) is 9.98 Å². The Morgan fingerprint density at radius 2 is 1.08 bits per heavy atom. The minimum absolute atomic E-state index is 0.673. The molecule has 0 aromatic heterocycles. The highest BCUT2D eigenvalue weighted by Gasteiger charge is 2.16. The van der Waals surface area contributed by atoms with Gasteiger partial charge in [-0.25, -0.2) is 9.98 Å². The largest absolute Gasteiger partial charge is 0.227 e. The second-order valence-electron chi connectivity index (χ2n) is 9.61. The van der Waals surface area contributed by atoms with Gasteiger partial charge in [0.25, 0.3) is 0 Å². The highest BCUT2D eigenvalue weighted by molar-refractivity contribution is 6.22. The van der Waals surface area contributed by atoms with Crippen LogP contribution in [0.5, 0.6) is 0 Å². The van der Waals surface area contributed by atoms with Crippen LogP contribution in [0.25, 0.3) is 38.4 Å². The normalized spacial score (nSPS) is 13.1. The lowest BCUT2D eigenvalue weighted by Crippen LogP contribution is -2.05. The fourth-order valence-corrected chi connectivity index (χ4v) is 5.10. The zero-order chi connectivity index (χ0) is 26.0. The Morgan fingerprint density at radius 3 is 1.87 bits per heavy atom. The number of allylic oxidation sites excluding steroid dienone is 1. The van der Waals surface area contributed by atoms with E-state index in [1.54, 1.807) is 0 Å². The zero-order valence-corrected chi connectivity index (χ0v) is 21.3. The molecule has 0 saturated carbocycles. The van der Waals surface area contributed by atoms with Crippen LogP contribution in [0.3, 0.4) is 0 Å².